The number of hydrogen-bond acceptors (Lipinski definition) is 2. The van der Waals surface area contributed by atoms with Crippen LogP contribution in [0.5, 0.6) is 0 Å². The van der Waals surface area contributed by atoms with E-state index in [9.17, 15) is 4.79 Å². The van der Waals surface area contributed by atoms with Crippen molar-refractivity contribution in [2.45, 2.75) is 27.0 Å². The van der Waals surface area contributed by atoms with E-state index in [4.69, 9.17) is 5.11 Å². The molecular formula is C7H14NO2. The first-order valence-electron chi connectivity index (χ1n) is 3.16. The van der Waals surface area contributed by atoms with Crippen LogP contribution in [0.4, 0.5) is 0 Å². The van der Waals surface area contributed by atoms with Crippen LogP contribution >= 0.6 is 0 Å². The Kier molecular flexibility index (Phi) is 2.84. The Morgan fingerprint density at radius 2 is 2.00 bits per heavy atom. The Hall–Kier alpha value is -0.570. The van der Waals surface area contributed by atoms with Crippen molar-refractivity contribution in [1.82, 2.24) is 5.32 Å². The Morgan fingerprint density at radius 1 is 1.60 bits per heavy atom. The summed E-state index contributed by atoms with van der Waals surface area (Å²) in [4.78, 5) is 11.0. The number of aliphatic hydroxyl groups is 1. The number of nitrogens with one attached hydrogen (secondary N) is 1. The lowest BCUT2D eigenvalue weighted by Crippen LogP contribution is -2.40. The Balaban J connectivity index is 3.87. The van der Waals surface area contributed by atoms with Crippen LogP contribution in [0, 0.1) is 12.3 Å². The lowest BCUT2D eigenvalue weighted by Gasteiger charge is -2.18. The SMILES string of the molecule is [CH2]C(O)NC(=O)C(C)(C)C. The Labute approximate surface area is 61.4 Å². The van der Waals surface area contributed by atoms with Crippen molar-refractivity contribution in [1.29, 1.82) is 0 Å². The predicted molar refractivity (Wildman–Crippen MR) is 39.0 cm³/mol. The maximum Gasteiger partial charge on any atom is 0.227 e. The van der Waals surface area contributed by atoms with E-state index in [-0.39, 0.29) is 5.91 Å². The average Bonchev–Trinajstić information content (AvgIpc) is 1.60. The van der Waals surface area contributed by atoms with Crippen molar-refractivity contribution in [3.05, 3.63) is 6.92 Å². The first kappa shape index (κ1) is 9.43. The molecule has 0 rings (SSSR count). The molecule has 0 fully saturated rings. The Morgan fingerprint density at radius 3 is 2.10 bits per heavy atom. The van der Waals surface area contributed by atoms with Gasteiger partial charge in [-0.05, 0) is 6.92 Å². The van der Waals surface area contributed by atoms with Crippen LogP contribution < -0.4 is 5.32 Å². The largest absolute Gasteiger partial charge is 0.374 e. The van der Waals surface area contributed by atoms with E-state index in [0.29, 0.717) is 0 Å². The van der Waals surface area contributed by atoms with E-state index < -0.39 is 11.6 Å². The maximum absolute atomic E-state index is 11.0. The summed E-state index contributed by atoms with van der Waals surface area (Å²) in [5.41, 5.74) is -0.460. The van der Waals surface area contributed by atoms with Gasteiger partial charge in [-0.2, -0.15) is 0 Å². The topological polar surface area (TPSA) is 49.3 Å². The molecule has 0 aliphatic rings. The van der Waals surface area contributed by atoms with Gasteiger partial charge in [0.1, 0.15) is 6.23 Å². The van der Waals surface area contributed by atoms with E-state index >= 15 is 0 Å². The maximum atomic E-state index is 11.0. The molecule has 0 aliphatic heterocycles. The second kappa shape index (κ2) is 3.01. The highest BCUT2D eigenvalue weighted by atomic mass is 16.3. The summed E-state index contributed by atoms with van der Waals surface area (Å²) in [6, 6.07) is 0. The van der Waals surface area contributed by atoms with Gasteiger partial charge in [-0.3, -0.25) is 4.79 Å². The fourth-order valence-corrected chi connectivity index (χ4v) is 0.368. The number of rotatable bonds is 1. The van der Waals surface area contributed by atoms with Crippen molar-refractivity contribution in [3.8, 4) is 0 Å². The minimum Gasteiger partial charge on any atom is -0.374 e. The second-order valence-corrected chi connectivity index (χ2v) is 3.24. The van der Waals surface area contributed by atoms with Crippen LogP contribution in [0.25, 0.3) is 0 Å². The zero-order valence-electron chi connectivity index (χ0n) is 6.64. The summed E-state index contributed by atoms with van der Waals surface area (Å²) < 4.78 is 0. The van der Waals surface area contributed by atoms with Crippen LogP contribution in [0.1, 0.15) is 20.8 Å². The third-order valence-electron chi connectivity index (χ3n) is 0.979. The van der Waals surface area contributed by atoms with Gasteiger partial charge in [0.15, 0.2) is 0 Å². The zero-order valence-corrected chi connectivity index (χ0v) is 6.64. The molecule has 0 saturated carbocycles. The third kappa shape index (κ3) is 3.45. The summed E-state index contributed by atoms with van der Waals surface area (Å²) in [6.45, 7) is 8.52. The van der Waals surface area contributed by atoms with Gasteiger partial charge >= 0.3 is 0 Å². The van der Waals surface area contributed by atoms with Gasteiger partial charge in [-0.1, -0.05) is 20.8 Å². The minimum absolute atomic E-state index is 0.199. The monoisotopic (exact) mass is 144 g/mol. The zero-order chi connectivity index (χ0) is 8.36. The summed E-state index contributed by atoms with van der Waals surface area (Å²) in [6.07, 6.45) is -1.01. The molecule has 0 spiro atoms. The molecule has 0 saturated heterocycles. The van der Waals surface area contributed by atoms with Crippen molar-refractivity contribution >= 4 is 5.91 Å². The average molecular weight is 144 g/mol. The molecule has 0 aromatic carbocycles. The Bertz CT molecular complexity index is 124. The predicted octanol–water partition coefficient (Wildman–Crippen LogP) is 0.301. The van der Waals surface area contributed by atoms with E-state index in [1.54, 1.807) is 20.8 Å². The standard InChI is InChI=1S/C7H14NO2/c1-5(9)8-6(10)7(2,3)4/h5,9H,1H2,2-4H3,(H,8,10). The molecule has 10 heavy (non-hydrogen) atoms. The second-order valence-electron chi connectivity index (χ2n) is 3.24. The summed E-state index contributed by atoms with van der Waals surface area (Å²) in [5, 5.41) is 10.9. The summed E-state index contributed by atoms with van der Waals surface area (Å²) in [5.74, 6) is -0.199. The number of carbonyl (C=O) groups is 1. The fraction of sp³-hybridized carbons (Fsp3) is 0.714. The van der Waals surface area contributed by atoms with Crippen LogP contribution in [0.3, 0.4) is 0 Å². The molecular weight excluding hydrogens is 130 g/mol. The van der Waals surface area contributed by atoms with Gasteiger partial charge in [0.25, 0.3) is 0 Å². The van der Waals surface area contributed by atoms with E-state index in [2.05, 4.69) is 12.2 Å². The molecule has 1 radical (unpaired) electrons. The molecule has 3 heteroatoms. The molecule has 0 aromatic rings. The number of aliphatic hydroxyl groups excluding tert-OH is 1. The summed E-state index contributed by atoms with van der Waals surface area (Å²) >= 11 is 0. The summed E-state index contributed by atoms with van der Waals surface area (Å²) in [7, 11) is 0. The molecule has 59 valence electrons. The quantitative estimate of drug-likeness (QED) is 0.520. The molecule has 0 aromatic heterocycles. The van der Waals surface area contributed by atoms with Crippen molar-refractivity contribution in [3.63, 3.8) is 0 Å². The molecule has 3 nitrogen and oxygen atoms in total. The molecule has 0 aliphatic carbocycles. The van der Waals surface area contributed by atoms with Crippen LogP contribution in [-0.2, 0) is 4.79 Å². The van der Waals surface area contributed by atoms with E-state index in [1.165, 1.54) is 0 Å². The van der Waals surface area contributed by atoms with Crippen LogP contribution in [-0.4, -0.2) is 17.2 Å². The van der Waals surface area contributed by atoms with Gasteiger partial charge in [-0.25, -0.2) is 0 Å². The van der Waals surface area contributed by atoms with Gasteiger partial charge in [0, 0.05) is 5.41 Å². The molecule has 1 amide bonds. The van der Waals surface area contributed by atoms with E-state index in [1.807, 2.05) is 0 Å². The fourth-order valence-electron chi connectivity index (χ4n) is 0.368. The first-order chi connectivity index (χ1) is 4.34. The lowest BCUT2D eigenvalue weighted by atomic mass is 9.96. The van der Waals surface area contributed by atoms with Gasteiger partial charge in [0.05, 0.1) is 0 Å². The van der Waals surface area contributed by atoms with E-state index in [0.717, 1.165) is 0 Å². The van der Waals surface area contributed by atoms with Gasteiger partial charge in [-0.15, -0.1) is 0 Å². The molecule has 1 unspecified atom stereocenters. The highest BCUT2D eigenvalue weighted by Crippen LogP contribution is 2.12. The molecule has 0 heterocycles. The minimum atomic E-state index is -1.01. The van der Waals surface area contributed by atoms with Crippen molar-refractivity contribution in [2.75, 3.05) is 0 Å². The van der Waals surface area contributed by atoms with Gasteiger partial charge < -0.3 is 10.4 Å². The number of hydrogen-bond donors (Lipinski definition) is 2. The molecule has 0 bridgehead atoms. The highest BCUT2D eigenvalue weighted by Gasteiger charge is 2.21. The van der Waals surface area contributed by atoms with Crippen molar-refractivity contribution < 1.29 is 9.90 Å². The number of amides is 1. The van der Waals surface area contributed by atoms with Crippen LogP contribution in [0.2, 0.25) is 0 Å². The lowest BCUT2D eigenvalue weighted by molar-refractivity contribution is -0.130. The van der Waals surface area contributed by atoms with Crippen molar-refractivity contribution in [2.24, 2.45) is 5.41 Å². The van der Waals surface area contributed by atoms with Crippen LogP contribution in [0.15, 0.2) is 0 Å². The third-order valence-corrected chi connectivity index (χ3v) is 0.979. The smallest absolute Gasteiger partial charge is 0.227 e. The molecule has 1 atom stereocenters. The normalized spacial score (nSPS) is 14.5. The van der Waals surface area contributed by atoms with Gasteiger partial charge in [0.2, 0.25) is 5.91 Å². The first-order valence-corrected chi connectivity index (χ1v) is 3.16. The highest BCUT2D eigenvalue weighted by molar-refractivity contribution is 5.81. The number of carbonyl (C=O) groups excluding carboxylic acids is 1. The molecule has 2 N–H and O–H groups in total.